The van der Waals surface area contributed by atoms with Crippen molar-refractivity contribution in [1.82, 2.24) is 14.5 Å². The van der Waals surface area contributed by atoms with E-state index >= 15 is 0 Å². The number of thiazole rings is 1. The van der Waals surface area contributed by atoms with E-state index in [1.54, 1.807) is 11.3 Å². The molecule has 5 heteroatoms. The van der Waals surface area contributed by atoms with Crippen molar-refractivity contribution in [1.29, 1.82) is 0 Å². The second-order valence-electron chi connectivity index (χ2n) is 2.80. The molecule has 0 unspecified atom stereocenters. The summed E-state index contributed by atoms with van der Waals surface area (Å²) >= 11 is 6.77. The van der Waals surface area contributed by atoms with Crippen molar-refractivity contribution >= 4 is 23.6 Å². The Bertz CT molecular complexity index is 438. The molecule has 0 radical (unpaired) electrons. The molecule has 0 aromatic carbocycles. The third-order valence-corrected chi connectivity index (χ3v) is 2.80. The molecule has 0 amide bonds. The predicted molar refractivity (Wildman–Crippen MR) is 55.6 cm³/mol. The van der Waals surface area contributed by atoms with Crippen LogP contribution in [0, 0.1) is 11.7 Å². The Morgan fingerprint density at radius 1 is 1.69 bits per heavy atom. The fourth-order valence-electron chi connectivity index (χ4n) is 1.16. The number of aromatic amines is 1. The van der Waals surface area contributed by atoms with Crippen molar-refractivity contribution < 1.29 is 0 Å². The molecule has 68 valence electrons. The lowest BCUT2D eigenvalue weighted by molar-refractivity contribution is 0.777. The monoisotopic (exact) mass is 211 g/mol. The van der Waals surface area contributed by atoms with Crippen LogP contribution in [0.25, 0.3) is 0 Å². The van der Waals surface area contributed by atoms with Crippen molar-refractivity contribution in [2.45, 2.75) is 13.5 Å². The summed E-state index contributed by atoms with van der Waals surface area (Å²) < 4.78 is 2.75. The maximum atomic E-state index is 5.13. The van der Waals surface area contributed by atoms with Gasteiger partial charge < -0.3 is 9.55 Å². The average molecular weight is 211 g/mol. The van der Waals surface area contributed by atoms with E-state index in [1.165, 1.54) is 0 Å². The van der Waals surface area contributed by atoms with Gasteiger partial charge in [0.05, 0.1) is 6.54 Å². The summed E-state index contributed by atoms with van der Waals surface area (Å²) in [5.41, 5.74) is 1.08. The van der Waals surface area contributed by atoms with Crippen molar-refractivity contribution in [2.24, 2.45) is 0 Å². The van der Waals surface area contributed by atoms with Crippen LogP contribution in [0.4, 0.5) is 0 Å². The normalized spacial score (nSPS) is 10.5. The number of aryl methyl sites for hydroxylation is 1. The fourth-order valence-corrected chi connectivity index (χ4v) is 2.05. The van der Waals surface area contributed by atoms with Crippen molar-refractivity contribution in [3.8, 4) is 0 Å². The van der Waals surface area contributed by atoms with E-state index in [9.17, 15) is 0 Å². The van der Waals surface area contributed by atoms with Crippen LogP contribution in [0.2, 0.25) is 0 Å². The van der Waals surface area contributed by atoms with E-state index in [4.69, 9.17) is 12.2 Å². The average Bonchev–Trinajstić information content (AvgIpc) is 2.63. The number of aromatic nitrogens is 3. The lowest BCUT2D eigenvalue weighted by Gasteiger charge is -1.96. The lowest BCUT2D eigenvalue weighted by Crippen LogP contribution is -1.96. The molecule has 2 rings (SSSR count). The van der Waals surface area contributed by atoms with Gasteiger partial charge >= 0.3 is 0 Å². The Hall–Kier alpha value is -0.940. The van der Waals surface area contributed by atoms with Crippen molar-refractivity contribution in [2.75, 3.05) is 0 Å². The van der Waals surface area contributed by atoms with E-state index in [2.05, 4.69) is 9.97 Å². The fraction of sp³-hybridized carbons (Fsp3) is 0.250. The molecular formula is C8H9N3S2. The molecule has 0 saturated carbocycles. The van der Waals surface area contributed by atoms with Crippen LogP contribution in [0.3, 0.4) is 0 Å². The highest BCUT2D eigenvalue weighted by Gasteiger charge is 1.99. The first-order valence-corrected chi connectivity index (χ1v) is 5.19. The summed E-state index contributed by atoms with van der Waals surface area (Å²) in [5, 5.41) is 3.05. The Kier molecular flexibility index (Phi) is 2.28. The number of nitrogens with zero attached hydrogens (tertiary/aromatic N) is 2. The Balaban J connectivity index is 2.28. The number of H-pyrrole nitrogens is 1. The maximum absolute atomic E-state index is 5.13. The minimum atomic E-state index is 0.757. The zero-order chi connectivity index (χ0) is 9.26. The quantitative estimate of drug-likeness (QED) is 0.774. The first-order valence-electron chi connectivity index (χ1n) is 3.90. The smallest absolute Gasteiger partial charge is 0.177 e. The van der Waals surface area contributed by atoms with Gasteiger partial charge in [0.1, 0.15) is 5.01 Å². The molecule has 0 spiro atoms. The SMILES string of the molecule is Cc1cn(Cc2nccs2)c(=S)[nH]1. The van der Waals surface area contributed by atoms with E-state index in [0.29, 0.717) is 0 Å². The number of rotatable bonds is 2. The molecule has 2 heterocycles. The van der Waals surface area contributed by atoms with Crippen LogP contribution in [-0.2, 0) is 6.54 Å². The van der Waals surface area contributed by atoms with Gasteiger partial charge in [0.15, 0.2) is 4.77 Å². The molecule has 2 aromatic rings. The summed E-state index contributed by atoms with van der Waals surface area (Å²) in [6.07, 6.45) is 3.81. The van der Waals surface area contributed by atoms with E-state index in [0.717, 1.165) is 22.0 Å². The van der Waals surface area contributed by atoms with Gasteiger partial charge in [-0.05, 0) is 19.1 Å². The van der Waals surface area contributed by atoms with Gasteiger partial charge in [-0.2, -0.15) is 0 Å². The third-order valence-electron chi connectivity index (χ3n) is 1.70. The lowest BCUT2D eigenvalue weighted by atomic mass is 10.5. The largest absolute Gasteiger partial charge is 0.335 e. The van der Waals surface area contributed by atoms with Crippen molar-refractivity contribution in [3.63, 3.8) is 0 Å². The summed E-state index contributed by atoms with van der Waals surface area (Å²) in [6.45, 7) is 2.76. The number of hydrogen-bond acceptors (Lipinski definition) is 3. The molecule has 1 N–H and O–H groups in total. The highest BCUT2D eigenvalue weighted by molar-refractivity contribution is 7.71. The summed E-state index contributed by atoms with van der Waals surface area (Å²) in [4.78, 5) is 7.27. The van der Waals surface area contributed by atoms with Crippen LogP contribution >= 0.6 is 23.6 Å². The van der Waals surface area contributed by atoms with Gasteiger partial charge in [0, 0.05) is 23.5 Å². The van der Waals surface area contributed by atoms with Crippen LogP contribution in [0.1, 0.15) is 10.7 Å². The molecule has 0 aliphatic rings. The molecule has 2 aromatic heterocycles. The van der Waals surface area contributed by atoms with E-state index < -0.39 is 0 Å². The molecule has 0 aliphatic carbocycles. The van der Waals surface area contributed by atoms with Gasteiger partial charge in [-0.15, -0.1) is 11.3 Å². The molecule has 0 bridgehead atoms. The summed E-state index contributed by atoms with van der Waals surface area (Å²) in [5.74, 6) is 0. The Morgan fingerprint density at radius 2 is 2.54 bits per heavy atom. The second kappa shape index (κ2) is 3.43. The number of nitrogens with one attached hydrogen (secondary N) is 1. The van der Waals surface area contributed by atoms with Crippen LogP contribution < -0.4 is 0 Å². The van der Waals surface area contributed by atoms with Crippen LogP contribution in [0.5, 0.6) is 0 Å². The summed E-state index contributed by atoms with van der Waals surface area (Å²) in [6, 6.07) is 0. The summed E-state index contributed by atoms with van der Waals surface area (Å²) in [7, 11) is 0. The molecular weight excluding hydrogens is 202 g/mol. The van der Waals surface area contributed by atoms with E-state index in [-0.39, 0.29) is 0 Å². The predicted octanol–water partition coefficient (Wildman–Crippen LogP) is 2.36. The van der Waals surface area contributed by atoms with Crippen molar-refractivity contribution in [3.05, 3.63) is 33.2 Å². The second-order valence-corrected chi connectivity index (χ2v) is 4.16. The topological polar surface area (TPSA) is 33.6 Å². The minimum absolute atomic E-state index is 0.757. The van der Waals surface area contributed by atoms with Gasteiger partial charge in [0.25, 0.3) is 0 Å². The molecule has 0 saturated heterocycles. The standard InChI is InChI=1S/C8H9N3S2/c1-6-4-11(8(12)10-6)5-7-9-2-3-13-7/h2-4H,5H2,1H3,(H,10,12). The molecule has 3 nitrogen and oxygen atoms in total. The zero-order valence-electron chi connectivity index (χ0n) is 7.15. The van der Waals surface area contributed by atoms with Crippen LogP contribution in [-0.4, -0.2) is 14.5 Å². The first kappa shape index (κ1) is 8.65. The number of hydrogen-bond donors (Lipinski definition) is 1. The highest BCUT2D eigenvalue weighted by Crippen LogP contribution is 2.07. The maximum Gasteiger partial charge on any atom is 0.177 e. The highest BCUT2D eigenvalue weighted by atomic mass is 32.1. The third kappa shape index (κ3) is 1.87. The zero-order valence-corrected chi connectivity index (χ0v) is 8.78. The van der Waals surface area contributed by atoms with Gasteiger partial charge in [-0.3, -0.25) is 0 Å². The minimum Gasteiger partial charge on any atom is -0.335 e. The first-order chi connectivity index (χ1) is 6.25. The molecule has 0 atom stereocenters. The van der Waals surface area contributed by atoms with Crippen LogP contribution in [0.15, 0.2) is 17.8 Å². The van der Waals surface area contributed by atoms with Gasteiger partial charge in [-0.25, -0.2) is 4.98 Å². The van der Waals surface area contributed by atoms with Gasteiger partial charge in [-0.1, -0.05) is 0 Å². The Morgan fingerprint density at radius 3 is 3.08 bits per heavy atom. The molecule has 0 fully saturated rings. The molecule has 0 aliphatic heterocycles. The van der Waals surface area contributed by atoms with Gasteiger partial charge in [0.2, 0.25) is 0 Å². The number of imidazole rings is 1. The van der Waals surface area contributed by atoms with E-state index in [1.807, 2.05) is 29.3 Å². The molecule has 13 heavy (non-hydrogen) atoms. The Labute approximate surface area is 85.1 Å².